The zero-order valence-electron chi connectivity index (χ0n) is 15.0. The average Bonchev–Trinajstić information content (AvgIpc) is 2.66. The Morgan fingerprint density at radius 3 is 1.77 bits per heavy atom. The molecule has 0 unspecified atom stereocenters. The van der Waals surface area contributed by atoms with E-state index < -0.39 is 0 Å². The second-order valence-corrected chi connectivity index (χ2v) is 6.81. The summed E-state index contributed by atoms with van der Waals surface area (Å²) in [6.45, 7) is 17.7. The van der Waals surface area contributed by atoms with Gasteiger partial charge in [-0.2, -0.15) is 5.10 Å². The van der Waals surface area contributed by atoms with Gasteiger partial charge in [-0.15, -0.1) is 0 Å². The van der Waals surface area contributed by atoms with Crippen LogP contribution in [-0.4, -0.2) is 9.78 Å². The molecule has 1 aromatic heterocycles. The minimum atomic E-state index is 0. The first-order valence-electron chi connectivity index (χ1n) is 7.91. The molecule has 2 nitrogen and oxygen atoms in total. The van der Waals surface area contributed by atoms with Crippen molar-refractivity contribution in [1.82, 2.24) is 9.78 Å². The standard InChI is InChI=1S/C19H28N2.Pd/c1-11(2)19-18(16(8)20-21(19)12(3)4)17-14(6)9-13(5)10-15(17)7;/h9-12H,1-8H3;. The number of aromatic nitrogens is 2. The Bertz CT molecular complexity index is 643. The summed E-state index contributed by atoms with van der Waals surface area (Å²) in [6.07, 6.45) is 0. The van der Waals surface area contributed by atoms with Gasteiger partial charge in [-0.1, -0.05) is 31.5 Å². The molecule has 0 atom stereocenters. The monoisotopic (exact) mass is 390 g/mol. The summed E-state index contributed by atoms with van der Waals surface area (Å²) in [7, 11) is 0. The molecule has 0 amide bonds. The Hall–Kier alpha value is -0.908. The number of benzene rings is 1. The summed E-state index contributed by atoms with van der Waals surface area (Å²) in [5.41, 5.74) is 9.23. The molecular formula is C19H28N2Pd. The topological polar surface area (TPSA) is 17.8 Å². The summed E-state index contributed by atoms with van der Waals surface area (Å²) in [5.74, 6) is 0.462. The molecule has 0 aliphatic heterocycles. The summed E-state index contributed by atoms with van der Waals surface area (Å²) >= 11 is 0. The third kappa shape index (κ3) is 3.37. The zero-order valence-corrected chi connectivity index (χ0v) is 16.6. The molecule has 124 valence electrons. The van der Waals surface area contributed by atoms with E-state index in [1.54, 1.807) is 0 Å². The second kappa shape index (κ2) is 7.11. The van der Waals surface area contributed by atoms with Crippen molar-refractivity contribution in [2.24, 2.45) is 0 Å². The quantitative estimate of drug-likeness (QED) is 0.634. The van der Waals surface area contributed by atoms with Gasteiger partial charge >= 0.3 is 0 Å². The van der Waals surface area contributed by atoms with Crippen LogP contribution in [0.5, 0.6) is 0 Å². The van der Waals surface area contributed by atoms with Crippen LogP contribution in [-0.2, 0) is 20.4 Å². The molecule has 0 fully saturated rings. The summed E-state index contributed by atoms with van der Waals surface area (Å²) < 4.78 is 2.20. The van der Waals surface area contributed by atoms with E-state index in [2.05, 4.69) is 72.2 Å². The van der Waals surface area contributed by atoms with E-state index in [0.29, 0.717) is 12.0 Å². The van der Waals surface area contributed by atoms with E-state index in [9.17, 15) is 0 Å². The Morgan fingerprint density at radius 2 is 1.36 bits per heavy atom. The Balaban J connectivity index is 0.00000242. The van der Waals surface area contributed by atoms with E-state index in [-0.39, 0.29) is 20.4 Å². The SMILES string of the molecule is Cc1cc(C)c(-c2c(C)nn(C(C)C)c2C(C)C)c(C)c1.[Pd]. The van der Waals surface area contributed by atoms with Crippen molar-refractivity contribution >= 4 is 0 Å². The van der Waals surface area contributed by atoms with Gasteiger partial charge in [-0.05, 0) is 64.2 Å². The van der Waals surface area contributed by atoms with Crippen LogP contribution in [0, 0.1) is 27.7 Å². The van der Waals surface area contributed by atoms with E-state index in [0.717, 1.165) is 5.69 Å². The average molecular weight is 391 g/mol. The first-order chi connectivity index (χ1) is 9.73. The summed E-state index contributed by atoms with van der Waals surface area (Å²) in [5, 5.41) is 4.83. The molecule has 0 N–H and O–H groups in total. The third-order valence-electron chi connectivity index (χ3n) is 4.09. The smallest absolute Gasteiger partial charge is 0.0675 e. The van der Waals surface area contributed by atoms with Gasteiger partial charge in [-0.25, -0.2) is 0 Å². The van der Waals surface area contributed by atoms with Gasteiger partial charge in [0.25, 0.3) is 0 Å². The second-order valence-electron chi connectivity index (χ2n) is 6.81. The maximum Gasteiger partial charge on any atom is 0.0675 e. The van der Waals surface area contributed by atoms with Crippen molar-refractivity contribution in [3.63, 3.8) is 0 Å². The predicted octanol–water partition coefficient (Wildman–Crippen LogP) is 5.49. The van der Waals surface area contributed by atoms with Crippen LogP contribution in [0.25, 0.3) is 11.1 Å². The van der Waals surface area contributed by atoms with Gasteiger partial charge in [0.2, 0.25) is 0 Å². The molecule has 1 heterocycles. The molecule has 0 aliphatic rings. The first kappa shape index (κ1) is 19.1. The molecule has 0 spiro atoms. The van der Waals surface area contributed by atoms with E-state index in [4.69, 9.17) is 5.10 Å². The minimum Gasteiger partial charge on any atom is -0.266 e. The van der Waals surface area contributed by atoms with Gasteiger partial charge in [0.1, 0.15) is 0 Å². The molecule has 0 aliphatic carbocycles. The minimum absolute atomic E-state index is 0. The Labute approximate surface area is 149 Å². The fraction of sp³-hybridized carbons (Fsp3) is 0.526. The molecule has 0 bridgehead atoms. The molecule has 3 heteroatoms. The zero-order chi connectivity index (χ0) is 15.9. The van der Waals surface area contributed by atoms with Crippen LogP contribution < -0.4 is 0 Å². The van der Waals surface area contributed by atoms with E-state index in [1.807, 2.05) is 0 Å². The molecule has 22 heavy (non-hydrogen) atoms. The molecule has 2 rings (SSSR count). The van der Waals surface area contributed by atoms with Gasteiger partial charge in [0.05, 0.1) is 5.69 Å². The molecular weight excluding hydrogens is 363 g/mol. The van der Waals surface area contributed by atoms with Crippen LogP contribution in [0.1, 0.15) is 67.7 Å². The number of nitrogens with zero attached hydrogens (tertiary/aromatic N) is 2. The molecule has 2 aromatic rings. The van der Waals surface area contributed by atoms with Crippen molar-refractivity contribution < 1.29 is 20.4 Å². The van der Waals surface area contributed by atoms with Gasteiger partial charge < -0.3 is 0 Å². The van der Waals surface area contributed by atoms with Crippen molar-refractivity contribution in [3.8, 4) is 11.1 Å². The predicted molar refractivity (Wildman–Crippen MR) is 91.1 cm³/mol. The van der Waals surface area contributed by atoms with Gasteiger partial charge in [0, 0.05) is 37.7 Å². The fourth-order valence-corrected chi connectivity index (χ4v) is 3.40. The van der Waals surface area contributed by atoms with Crippen molar-refractivity contribution in [2.75, 3.05) is 0 Å². The van der Waals surface area contributed by atoms with Crippen LogP contribution in [0.15, 0.2) is 12.1 Å². The largest absolute Gasteiger partial charge is 0.266 e. The van der Waals surface area contributed by atoms with Crippen LogP contribution >= 0.6 is 0 Å². The molecule has 0 radical (unpaired) electrons. The van der Waals surface area contributed by atoms with E-state index in [1.165, 1.54) is 33.5 Å². The van der Waals surface area contributed by atoms with Crippen molar-refractivity contribution in [3.05, 3.63) is 40.2 Å². The van der Waals surface area contributed by atoms with E-state index >= 15 is 0 Å². The van der Waals surface area contributed by atoms with Gasteiger partial charge in [-0.3, -0.25) is 4.68 Å². The molecule has 0 saturated carbocycles. The normalized spacial score (nSPS) is 11.2. The van der Waals surface area contributed by atoms with Crippen molar-refractivity contribution in [2.45, 2.75) is 67.3 Å². The molecule has 1 aromatic carbocycles. The Morgan fingerprint density at radius 1 is 0.864 bits per heavy atom. The number of aryl methyl sites for hydroxylation is 4. The first-order valence-corrected chi connectivity index (χ1v) is 7.91. The Kier molecular flexibility index (Phi) is 6.19. The van der Waals surface area contributed by atoms with Gasteiger partial charge in [0.15, 0.2) is 0 Å². The maximum atomic E-state index is 4.83. The number of rotatable bonds is 3. The summed E-state index contributed by atoms with van der Waals surface area (Å²) in [4.78, 5) is 0. The van der Waals surface area contributed by atoms with Crippen LogP contribution in [0.2, 0.25) is 0 Å². The number of hydrogen-bond acceptors (Lipinski definition) is 1. The van der Waals surface area contributed by atoms with Crippen LogP contribution in [0.3, 0.4) is 0 Å². The third-order valence-corrected chi connectivity index (χ3v) is 4.09. The fourth-order valence-electron chi connectivity index (χ4n) is 3.40. The van der Waals surface area contributed by atoms with Crippen molar-refractivity contribution in [1.29, 1.82) is 0 Å². The summed E-state index contributed by atoms with van der Waals surface area (Å²) in [6, 6.07) is 4.94. The van der Waals surface area contributed by atoms with Crippen LogP contribution in [0.4, 0.5) is 0 Å². The number of hydrogen-bond donors (Lipinski definition) is 0. The molecule has 0 saturated heterocycles. The maximum absolute atomic E-state index is 4.83.